The highest BCUT2D eigenvalue weighted by Gasteiger charge is 2.39. The molecule has 1 saturated carbocycles. The van der Waals surface area contributed by atoms with Crippen LogP contribution in [0, 0.1) is 5.41 Å². The molecule has 1 amide bonds. The van der Waals surface area contributed by atoms with Crippen LogP contribution in [0.5, 0.6) is 0 Å². The van der Waals surface area contributed by atoms with E-state index in [-0.39, 0.29) is 12.5 Å². The van der Waals surface area contributed by atoms with Gasteiger partial charge < -0.3 is 16.2 Å². The highest BCUT2D eigenvalue weighted by molar-refractivity contribution is 9.10. The van der Waals surface area contributed by atoms with Crippen LogP contribution >= 0.6 is 15.9 Å². The van der Waals surface area contributed by atoms with Crippen molar-refractivity contribution in [2.45, 2.75) is 32.1 Å². The third-order valence-electron chi connectivity index (χ3n) is 4.11. The van der Waals surface area contributed by atoms with Gasteiger partial charge in [-0.05, 0) is 31.0 Å². The van der Waals surface area contributed by atoms with Crippen LogP contribution < -0.4 is 11.1 Å². The van der Waals surface area contributed by atoms with E-state index in [1.165, 1.54) is 0 Å². The number of anilines is 1. The number of hydrogen-bond acceptors (Lipinski definition) is 3. The van der Waals surface area contributed by atoms with Gasteiger partial charge in [-0.15, -0.1) is 0 Å². The van der Waals surface area contributed by atoms with Crippen LogP contribution in [0.3, 0.4) is 0 Å². The van der Waals surface area contributed by atoms with Crippen LogP contribution in [-0.2, 0) is 4.79 Å². The van der Waals surface area contributed by atoms with Crippen molar-refractivity contribution in [3.63, 3.8) is 0 Å². The van der Waals surface area contributed by atoms with E-state index in [9.17, 15) is 14.7 Å². The first-order valence-electron chi connectivity index (χ1n) is 7.01. The van der Waals surface area contributed by atoms with Gasteiger partial charge in [0.25, 0.3) is 5.91 Å². The molecule has 1 aromatic rings. The Hall–Kier alpha value is -1.56. The molecule has 0 heterocycles. The molecule has 0 atom stereocenters. The first kappa shape index (κ1) is 15.8. The van der Waals surface area contributed by atoms with Gasteiger partial charge in [0, 0.05) is 16.7 Å². The summed E-state index contributed by atoms with van der Waals surface area (Å²) in [7, 11) is 0. The fourth-order valence-corrected chi connectivity index (χ4v) is 3.16. The molecule has 1 aromatic carbocycles. The molecule has 0 spiro atoms. The Bertz CT molecular complexity index is 554. The number of benzene rings is 1. The van der Waals surface area contributed by atoms with E-state index in [1.54, 1.807) is 18.2 Å². The Morgan fingerprint density at radius 1 is 1.29 bits per heavy atom. The van der Waals surface area contributed by atoms with Crippen LogP contribution in [0.2, 0.25) is 0 Å². The van der Waals surface area contributed by atoms with Crippen molar-refractivity contribution < 1.29 is 14.7 Å². The number of carboxylic acids is 1. The normalized spacial score (nSPS) is 17.2. The molecule has 1 fully saturated rings. The van der Waals surface area contributed by atoms with Gasteiger partial charge in [-0.3, -0.25) is 9.59 Å². The largest absolute Gasteiger partial charge is 0.481 e. The van der Waals surface area contributed by atoms with E-state index in [0.29, 0.717) is 24.1 Å². The number of aliphatic carboxylic acids is 1. The zero-order chi connectivity index (χ0) is 15.5. The number of hydrogen-bond donors (Lipinski definition) is 3. The van der Waals surface area contributed by atoms with Gasteiger partial charge in [0.1, 0.15) is 0 Å². The fourth-order valence-electron chi connectivity index (χ4n) is 2.78. The number of rotatable bonds is 4. The van der Waals surface area contributed by atoms with Crippen molar-refractivity contribution >= 4 is 33.5 Å². The van der Waals surface area contributed by atoms with E-state index in [1.807, 2.05) is 0 Å². The lowest BCUT2D eigenvalue weighted by molar-refractivity contribution is -0.150. The lowest BCUT2D eigenvalue weighted by atomic mass is 9.74. The van der Waals surface area contributed by atoms with Gasteiger partial charge in [0.05, 0.1) is 11.0 Å². The topological polar surface area (TPSA) is 92.4 Å². The lowest BCUT2D eigenvalue weighted by Gasteiger charge is -2.33. The number of nitrogen functional groups attached to an aromatic ring is 1. The molecular formula is C15H19BrN2O3. The molecule has 21 heavy (non-hydrogen) atoms. The predicted molar refractivity (Wildman–Crippen MR) is 84.0 cm³/mol. The van der Waals surface area contributed by atoms with Gasteiger partial charge in [0.15, 0.2) is 0 Å². The summed E-state index contributed by atoms with van der Waals surface area (Å²) in [6, 6.07) is 5.02. The molecule has 4 N–H and O–H groups in total. The van der Waals surface area contributed by atoms with Crippen molar-refractivity contribution in [2.75, 3.05) is 12.3 Å². The van der Waals surface area contributed by atoms with Gasteiger partial charge in [-0.25, -0.2) is 0 Å². The molecule has 0 aliphatic heterocycles. The van der Waals surface area contributed by atoms with E-state index < -0.39 is 11.4 Å². The van der Waals surface area contributed by atoms with Gasteiger partial charge in [0.2, 0.25) is 0 Å². The minimum absolute atomic E-state index is 0.149. The fraction of sp³-hybridized carbons (Fsp3) is 0.467. The summed E-state index contributed by atoms with van der Waals surface area (Å²) in [5, 5.41) is 12.2. The minimum Gasteiger partial charge on any atom is -0.481 e. The Morgan fingerprint density at radius 2 is 1.95 bits per heavy atom. The number of carbonyl (C=O) groups is 2. The summed E-state index contributed by atoms with van der Waals surface area (Å²) in [5.41, 5.74) is 5.72. The van der Waals surface area contributed by atoms with E-state index in [4.69, 9.17) is 5.73 Å². The second kappa shape index (κ2) is 6.47. The Balaban J connectivity index is 2.07. The predicted octanol–water partition coefficient (Wildman–Crippen LogP) is 2.80. The third kappa shape index (κ3) is 3.56. The monoisotopic (exact) mass is 354 g/mol. The van der Waals surface area contributed by atoms with Crippen LogP contribution in [0.1, 0.15) is 42.5 Å². The SMILES string of the molecule is Nc1cc(Br)ccc1C(=O)NCC1(C(=O)O)CCCCC1. The third-order valence-corrected chi connectivity index (χ3v) is 4.60. The number of nitrogens with two attached hydrogens (primary N) is 1. The van der Waals surface area contributed by atoms with Crippen LogP contribution in [0.4, 0.5) is 5.69 Å². The highest BCUT2D eigenvalue weighted by Crippen LogP contribution is 2.36. The number of amides is 1. The van der Waals surface area contributed by atoms with Crippen molar-refractivity contribution in [1.29, 1.82) is 0 Å². The van der Waals surface area contributed by atoms with Crippen molar-refractivity contribution in [3.05, 3.63) is 28.2 Å². The average Bonchev–Trinajstić information content (AvgIpc) is 2.45. The smallest absolute Gasteiger partial charge is 0.311 e. The molecule has 2 rings (SSSR count). The van der Waals surface area contributed by atoms with Crippen LogP contribution in [-0.4, -0.2) is 23.5 Å². The Morgan fingerprint density at radius 3 is 2.52 bits per heavy atom. The number of carbonyl (C=O) groups excluding carboxylic acids is 1. The second-order valence-corrected chi connectivity index (χ2v) is 6.48. The molecular weight excluding hydrogens is 336 g/mol. The maximum atomic E-state index is 12.2. The summed E-state index contributed by atoms with van der Waals surface area (Å²) in [4.78, 5) is 23.7. The van der Waals surface area contributed by atoms with E-state index in [2.05, 4.69) is 21.2 Å². The minimum atomic E-state index is -0.835. The second-order valence-electron chi connectivity index (χ2n) is 5.56. The van der Waals surface area contributed by atoms with Crippen molar-refractivity contribution in [1.82, 2.24) is 5.32 Å². The molecule has 1 aliphatic carbocycles. The molecule has 114 valence electrons. The number of carboxylic acid groups (broad SMARTS) is 1. The first-order valence-corrected chi connectivity index (χ1v) is 7.80. The van der Waals surface area contributed by atoms with E-state index in [0.717, 1.165) is 23.7 Å². The molecule has 6 heteroatoms. The molecule has 0 saturated heterocycles. The van der Waals surface area contributed by atoms with Crippen molar-refractivity contribution in [3.8, 4) is 0 Å². The molecule has 5 nitrogen and oxygen atoms in total. The number of halogens is 1. The maximum absolute atomic E-state index is 12.2. The average molecular weight is 355 g/mol. The molecule has 0 unspecified atom stereocenters. The van der Waals surface area contributed by atoms with Crippen LogP contribution in [0.25, 0.3) is 0 Å². The lowest BCUT2D eigenvalue weighted by Crippen LogP contribution is -2.44. The zero-order valence-corrected chi connectivity index (χ0v) is 13.3. The quantitative estimate of drug-likeness (QED) is 0.724. The summed E-state index contributed by atoms with van der Waals surface area (Å²) >= 11 is 3.29. The van der Waals surface area contributed by atoms with Crippen molar-refractivity contribution in [2.24, 2.45) is 5.41 Å². The zero-order valence-electron chi connectivity index (χ0n) is 11.7. The number of nitrogens with one attached hydrogen (secondary N) is 1. The highest BCUT2D eigenvalue weighted by atomic mass is 79.9. The Kier molecular flexibility index (Phi) is 4.88. The van der Waals surface area contributed by atoms with E-state index >= 15 is 0 Å². The molecule has 0 aromatic heterocycles. The van der Waals surface area contributed by atoms with Gasteiger partial charge in [-0.1, -0.05) is 35.2 Å². The standard InChI is InChI=1S/C15H19BrN2O3/c16-10-4-5-11(12(17)8-10)13(19)18-9-15(14(20)21)6-2-1-3-7-15/h4-5,8H,1-3,6-7,9,17H2,(H,18,19)(H,20,21). The Labute approximate surface area is 132 Å². The summed E-state index contributed by atoms with van der Waals surface area (Å²) in [6.45, 7) is 0.149. The molecule has 0 bridgehead atoms. The molecule has 1 aliphatic rings. The summed E-state index contributed by atoms with van der Waals surface area (Å²) in [6.07, 6.45) is 4.06. The summed E-state index contributed by atoms with van der Waals surface area (Å²) < 4.78 is 0.797. The first-order chi connectivity index (χ1) is 9.94. The van der Waals surface area contributed by atoms with Gasteiger partial charge in [-0.2, -0.15) is 0 Å². The van der Waals surface area contributed by atoms with Crippen LogP contribution in [0.15, 0.2) is 22.7 Å². The van der Waals surface area contributed by atoms with Gasteiger partial charge >= 0.3 is 5.97 Å². The maximum Gasteiger partial charge on any atom is 0.311 e. The molecule has 0 radical (unpaired) electrons. The summed E-state index contributed by atoms with van der Waals surface area (Å²) in [5.74, 6) is -1.16.